The third kappa shape index (κ3) is 2.24. The van der Waals surface area contributed by atoms with Crippen LogP contribution < -0.4 is 0 Å². The summed E-state index contributed by atoms with van der Waals surface area (Å²) in [5, 5.41) is 0. The van der Waals surface area contributed by atoms with Crippen molar-refractivity contribution >= 4 is 5.97 Å². The van der Waals surface area contributed by atoms with Crippen molar-refractivity contribution in [3.8, 4) is 0 Å². The van der Waals surface area contributed by atoms with Crippen molar-refractivity contribution in [3.05, 3.63) is 23.8 Å². The highest BCUT2D eigenvalue weighted by molar-refractivity contribution is 5.86. The second-order valence-electron chi connectivity index (χ2n) is 2.97. The third-order valence-electron chi connectivity index (χ3n) is 1.66. The summed E-state index contributed by atoms with van der Waals surface area (Å²) in [6, 6.07) is 0. The van der Waals surface area contributed by atoms with Crippen LogP contribution in [0.25, 0.3) is 0 Å². The quantitative estimate of drug-likeness (QED) is 0.645. The fraction of sp³-hybridized carbons (Fsp3) is 0.444. The van der Waals surface area contributed by atoms with Gasteiger partial charge in [0.15, 0.2) is 5.69 Å². The molecule has 0 atom stereocenters. The summed E-state index contributed by atoms with van der Waals surface area (Å²) in [7, 11) is 1.32. The normalized spacial score (nSPS) is 10.2. The second kappa shape index (κ2) is 3.98. The number of esters is 1. The Morgan fingerprint density at radius 3 is 2.46 bits per heavy atom. The molecule has 1 rings (SSSR count). The van der Waals surface area contributed by atoms with Gasteiger partial charge in [-0.1, -0.05) is 13.8 Å². The number of hydrogen-bond acceptors (Lipinski definition) is 4. The van der Waals surface area contributed by atoms with E-state index in [1.165, 1.54) is 13.3 Å². The molecule has 0 saturated carbocycles. The van der Waals surface area contributed by atoms with Crippen molar-refractivity contribution < 1.29 is 9.53 Å². The lowest BCUT2D eigenvalue weighted by atomic mass is 10.1. The van der Waals surface area contributed by atoms with E-state index in [9.17, 15) is 4.79 Å². The van der Waals surface area contributed by atoms with E-state index in [4.69, 9.17) is 0 Å². The maximum Gasteiger partial charge on any atom is 0.358 e. The van der Waals surface area contributed by atoms with Crippen molar-refractivity contribution in [1.29, 1.82) is 0 Å². The molecule has 0 saturated heterocycles. The van der Waals surface area contributed by atoms with Crippen molar-refractivity contribution in [2.75, 3.05) is 7.11 Å². The van der Waals surface area contributed by atoms with Crippen molar-refractivity contribution in [3.63, 3.8) is 0 Å². The standard InChI is InChI=1S/C9H12N2O2/c1-6(2)7-4-11-8(5-10-7)9(12)13-3/h4-6H,1-3H3. The van der Waals surface area contributed by atoms with Gasteiger partial charge in [-0.25, -0.2) is 9.78 Å². The molecule has 1 aromatic rings. The molecule has 0 unspecified atom stereocenters. The first-order valence-corrected chi connectivity index (χ1v) is 4.05. The molecule has 0 aliphatic carbocycles. The Kier molecular flexibility index (Phi) is 2.95. The number of methoxy groups -OCH3 is 1. The Balaban J connectivity index is 2.87. The minimum Gasteiger partial charge on any atom is -0.464 e. The van der Waals surface area contributed by atoms with Crippen molar-refractivity contribution in [2.45, 2.75) is 19.8 Å². The molecular weight excluding hydrogens is 168 g/mol. The number of hydrogen-bond donors (Lipinski definition) is 0. The van der Waals surface area contributed by atoms with Gasteiger partial charge in [0.25, 0.3) is 0 Å². The molecule has 0 amide bonds. The van der Waals surface area contributed by atoms with Crippen LogP contribution in [0.4, 0.5) is 0 Å². The summed E-state index contributed by atoms with van der Waals surface area (Å²) in [4.78, 5) is 19.0. The fourth-order valence-corrected chi connectivity index (χ4v) is 0.846. The SMILES string of the molecule is COC(=O)c1cnc(C(C)C)cn1. The number of nitrogens with zero attached hydrogens (tertiary/aromatic N) is 2. The van der Waals surface area contributed by atoms with E-state index in [-0.39, 0.29) is 5.69 Å². The summed E-state index contributed by atoms with van der Waals surface area (Å²) in [5.41, 5.74) is 1.11. The number of carbonyl (C=O) groups is 1. The Morgan fingerprint density at radius 2 is 2.08 bits per heavy atom. The molecule has 0 aliphatic heterocycles. The molecule has 4 heteroatoms. The van der Waals surface area contributed by atoms with Crippen LogP contribution in [0.5, 0.6) is 0 Å². The number of aromatic nitrogens is 2. The second-order valence-corrected chi connectivity index (χ2v) is 2.97. The molecule has 0 spiro atoms. The lowest BCUT2D eigenvalue weighted by molar-refractivity contribution is 0.0593. The molecule has 0 radical (unpaired) electrons. The monoisotopic (exact) mass is 180 g/mol. The molecule has 0 fully saturated rings. The predicted octanol–water partition coefficient (Wildman–Crippen LogP) is 1.39. The van der Waals surface area contributed by atoms with Gasteiger partial charge in [-0.15, -0.1) is 0 Å². The van der Waals surface area contributed by atoms with Crippen LogP contribution in [0.1, 0.15) is 35.9 Å². The fourth-order valence-electron chi connectivity index (χ4n) is 0.846. The lowest BCUT2D eigenvalue weighted by Gasteiger charge is -2.03. The molecular formula is C9H12N2O2. The van der Waals surface area contributed by atoms with Crippen LogP contribution in [-0.2, 0) is 4.74 Å². The zero-order valence-corrected chi connectivity index (χ0v) is 7.94. The van der Waals surface area contributed by atoms with E-state index in [0.717, 1.165) is 5.69 Å². The first-order valence-electron chi connectivity index (χ1n) is 4.05. The van der Waals surface area contributed by atoms with Crippen LogP contribution >= 0.6 is 0 Å². The zero-order chi connectivity index (χ0) is 9.84. The Bertz CT molecular complexity index is 293. The zero-order valence-electron chi connectivity index (χ0n) is 7.94. The van der Waals surface area contributed by atoms with Crippen molar-refractivity contribution in [2.24, 2.45) is 0 Å². The summed E-state index contributed by atoms with van der Waals surface area (Å²) in [6.45, 7) is 4.03. The molecule has 70 valence electrons. The van der Waals surface area contributed by atoms with E-state index in [1.54, 1.807) is 6.20 Å². The van der Waals surface area contributed by atoms with E-state index in [1.807, 2.05) is 13.8 Å². The minimum atomic E-state index is -0.456. The lowest BCUT2D eigenvalue weighted by Crippen LogP contribution is -2.06. The average Bonchev–Trinajstić information content (AvgIpc) is 2.17. The summed E-state index contributed by atoms with van der Waals surface area (Å²) >= 11 is 0. The number of carbonyl (C=O) groups excluding carboxylic acids is 1. The maximum atomic E-state index is 11.0. The average molecular weight is 180 g/mol. The van der Waals surface area contributed by atoms with Crippen LogP contribution in [0.2, 0.25) is 0 Å². The molecule has 1 heterocycles. The van der Waals surface area contributed by atoms with E-state index in [0.29, 0.717) is 5.92 Å². The molecule has 0 aromatic carbocycles. The predicted molar refractivity (Wildman–Crippen MR) is 47.5 cm³/mol. The largest absolute Gasteiger partial charge is 0.464 e. The van der Waals surface area contributed by atoms with E-state index in [2.05, 4.69) is 14.7 Å². The summed E-state index contributed by atoms with van der Waals surface area (Å²) in [6.07, 6.45) is 3.03. The van der Waals surface area contributed by atoms with Gasteiger partial charge in [-0.3, -0.25) is 4.98 Å². The van der Waals surface area contributed by atoms with E-state index < -0.39 is 5.97 Å². The smallest absolute Gasteiger partial charge is 0.358 e. The van der Waals surface area contributed by atoms with E-state index >= 15 is 0 Å². The van der Waals surface area contributed by atoms with Crippen molar-refractivity contribution in [1.82, 2.24) is 9.97 Å². The molecule has 0 N–H and O–H groups in total. The molecule has 0 bridgehead atoms. The molecule has 1 aromatic heterocycles. The number of rotatable bonds is 2. The Hall–Kier alpha value is -1.45. The van der Waals surface area contributed by atoms with Gasteiger partial charge in [-0.05, 0) is 5.92 Å². The maximum absolute atomic E-state index is 11.0. The van der Waals surface area contributed by atoms with Gasteiger partial charge >= 0.3 is 5.97 Å². The highest BCUT2D eigenvalue weighted by Crippen LogP contribution is 2.09. The molecule has 4 nitrogen and oxygen atoms in total. The molecule has 13 heavy (non-hydrogen) atoms. The first-order chi connectivity index (χ1) is 6.15. The van der Waals surface area contributed by atoms with Gasteiger partial charge < -0.3 is 4.74 Å². The topological polar surface area (TPSA) is 52.1 Å². The first kappa shape index (κ1) is 9.64. The number of ether oxygens (including phenoxy) is 1. The Morgan fingerprint density at radius 1 is 1.38 bits per heavy atom. The van der Waals surface area contributed by atoms with Gasteiger partial charge in [0.05, 0.1) is 19.0 Å². The molecule has 0 aliphatic rings. The van der Waals surface area contributed by atoms with Crippen LogP contribution in [0.15, 0.2) is 12.4 Å². The van der Waals surface area contributed by atoms with Crippen LogP contribution in [-0.4, -0.2) is 23.0 Å². The van der Waals surface area contributed by atoms with Gasteiger partial charge in [0, 0.05) is 6.20 Å². The van der Waals surface area contributed by atoms with Crippen LogP contribution in [0, 0.1) is 0 Å². The third-order valence-corrected chi connectivity index (χ3v) is 1.66. The van der Waals surface area contributed by atoms with Gasteiger partial charge in [-0.2, -0.15) is 0 Å². The summed E-state index contributed by atoms with van der Waals surface area (Å²) in [5.74, 6) is -0.137. The Labute approximate surface area is 77.0 Å². The highest BCUT2D eigenvalue weighted by Gasteiger charge is 2.08. The van der Waals surface area contributed by atoms with Gasteiger partial charge in [0.1, 0.15) is 0 Å². The summed E-state index contributed by atoms with van der Waals surface area (Å²) < 4.78 is 4.50. The van der Waals surface area contributed by atoms with Crippen LogP contribution in [0.3, 0.4) is 0 Å². The van der Waals surface area contributed by atoms with Gasteiger partial charge in [0.2, 0.25) is 0 Å². The highest BCUT2D eigenvalue weighted by atomic mass is 16.5. The minimum absolute atomic E-state index is 0.243.